The molecule has 6 heteroatoms. The molecular weight excluding hydrogens is 298 g/mol. The van der Waals surface area contributed by atoms with E-state index in [1.54, 1.807) is 36.2 Å². The van der Waals surface area contributed by atoms with E-state index in [2.05, 4.69) is 0 Å². The highest BCUT2D eigenvalue weighted by Gasteiger charge is 2.09. The summed E-state index contributed by atoms with van der Waals surface area (Å²) in [6.45, 7) is 2.36. The zero-order valence-corrected chi connectivity index (χ0v) is 13.6. The molecule has 1 rings (SSSR count). The Balaban J connectivity index is 2.21. The number of carbonyl (C=O) groups excluding carboxylic acids is 2. The third-order valence-electron chi connectivity index (χ3n) is 3.37. The molecule has 126 valence electrons. The largest absolute Gasteiger partial charge is 0.494 e. The first-order valence-corrected chi connectivity index (χ1v) is 7.59. The Hall–Kier alpha value is -2.37. The van der Waals surface area contributed by atoms with Crippen LogP contribution in [0.15, 0.2) is 24.3 Å². The number of carboxylic acids is 1. The van der Waals surface area contributed by atoms with E-state index in [1.165, 1.54) is 6.92 Å². The highest BCUT2D eigenvalue weighted by Crippen LogP contribution is 2.13. The van der Waals surface area contributed by atoms with Crippen molar-refractivity contribution in [2.24, 2.45) is 0 Å². The third-order valence-corrected chi connectivity index (χ3v) is 3.37. The van der Waals surface area contributed by atoms with Crippen LogP contribution < -0.4 is 4.74 Å². The molecule has 0 saturated carbocycles. The fraction of sp³-hybridized carbons (Fsp3) is 0.471. The van der Waals surface area contributed by atoms with Crippen LogP contribution in [0.25, 0.3) is 0 Å². The number of carboxylic acid groups (broad SMARTS) is 1. The lowest BCUT2D eigenvalue weighted by Crippen LogP contribution is -2.28. The van der Waals surface area contributed by atoms with Crippen molar-refractivity contribution in [1.82, 2.24) is 4.90 Å². The number of ketones is 1. The molecule has 0 fully saturated rings. The van der Waals surface area contributed by atoms with Crippen molar-refractivity contribution in [3.63, 3.8) is 0 Å². The van der Waals surface area contributed by atoms with Crippen LogP contribution in [0.1, 0.15) is 43.0 Å². The van der Waals surface area contributed by atoms with Gasteiger partial charge in [-0.1, -0.05) is 0 Å². The molecule has 23 heavy (non-hydrogen) atoms. The fourth-order valence-electron chi connectivity index (χ4n) is 1.98. The Kier molecular flexibility index (Phi) is 7.80. The molecule has 0 aliphatic rings. The van der Waals surface area contributed by atoms with E-state index in [1.807, 2.05) is 0 Å². The number of benzene rings is 1. The SMILES string of the molecule is CC(=O)c1ccc(OCCCC(=O)N(C)CCCC(=O)O)cc1. The molecule has 1 N–H and O–H groups in total. The van der Waals surface area contributed by atoms with Crippen molar-refractivity contribution < 1.29 is 24.2 Å². The molecule has 0 spiro atoms. The first kappa shape index (κ1) is 18.7. The zero-order valence-electron chi connectivity index (χ0n) is 13.6. The van der Waals surface area contributed by atoms with Crippen LogP contribution >= 0.6 is 0 Å². The quantitative estimate of drug-likeness (QED) is 0.528. The van der Waals surface area contributed by atoms with Gasteiger partial charge < -0.3 is 14.7 Å². The maximum absolute atomic E-state index is 11.8. The number of ether oxygens (including phenoxy) is 1. The maximum Gasteiger partial charge on any atom is 0.303 e. The van der Waals surface area contributed by atoms with Gasteiger partial charge in [-0.05, 0) is 44.0 Å². The van der Waals surface area contributed by atoms with Gasteiger partial charge in [-0.3, -0.25) is 14.4 Å². The molecule has 0 atom stereocenters. The average Bonchev–Trinajstić information content (AvgIpc) is 2.51. The number of nitrogens with zero attached hydrogens (tertiary/aromatic N) is 1. The van der Waals surface area contributed by atoms with Crippen molar-refractivity contribution in [2.75, 3.05) is 20.2 Å². The first-order valence-electron chi connectivity index (χ1n) is 7.59. The number of amides is 1. The molecule has 0 saturated heterocycles. The van der Waals surface area contributed by atoms with Crippen LogP contribution in [0.2, 0.25) is 0 Å². The summed E-state index contributed by atoms with van der Waals surface area (Å²) in [5, 5.41) is 8.56. The Morgan fingerprint density at radius 3 is 2.30 bits per heavy atom. The summed E-state index contributed by atoms with van der Waals surface area (Å²) in [4.78, 5) is 34.9. The summed E-state index contributed by atoms with van der Waals surface area (Å²) < 4.78 is 5.52. The monoisotopic (exact) mass is 321 g/mol. The van der Waals surface area contributed by atoms with Crippen molar-refractivity contribution in [1.29, 1.82) is 0 Å². The lowest BCUT2D eigenvalue weighted by Gasteiger charge is -2.16. The van der Waals surface area contributed by atoms with Crippen LogP contribution in [0, 0.1) is 0 Å². The molecule has 6 nitrogen and oxygen atoms in total. The molecule has 0 bridgehead atoms. The van der Waals surface area contributed by atoms with Gasteiger partial charge in [0.2, 0.25) is 5.91 Å². The maximum atomic E-state index is 11.8. The molecule has 0 aromatic heterocycles. The van der Waals surface area contributed by atoms with Gasteiger partial charge in [-0.2, -0.15) is 0 Å². The lowest BCUT2D eigenvalue weighted by atomic mass is 10.1. The van der Waals surface area contributed by atoms with Crippen molar-refractivity contribution >= 4 is 17.7 Å². The molecule has 0 aliphatic carbocycles. The lowest BCUT2D eigenvalue weighted by molar-refractivity contribution is -0.138. The smallest absolute Gasteiger partial charge is 0.303 e. The number of hydrogen-bond donors (Lipinski definition) is 1. The van der Waals surface area contributed by atoms with E-state index in [-0.39, 0.29) is 18.1 Å². The summed E-state index contributed by atoms with van der Waals surface area (Å²) in [7, 11) is 1.67. The third kappa shape index (κ3) is 7.44. The Morgan fingerprint density at radius 2 is 1.74 bits per heavy atom. The normalized spacial score (nSPS) is 10.2. The van der Waals surface area contributed by atoms with Gasteiger partial charge >= 0.3 is 5.97 Å². The molecular formula is C17H23NO5. The second-order valence-corrected chi connectivity index (χ2v) is 5.35. The Labute approximate surface area is 136 Å². The van der Waals surface area contributed by atoms with Gasteiger partial charge in [0.15, 0.2) is 5.78 Å². The minimum Gasteiger partial charge on any atom is -0.494 e. The Morgan fingerprint density at radius 1 is 1.09 bits per heavy atom. The highest BCUT2D eigenvalue weighted by molar-refractivity contribution is 5.94. The molecule has 0 radical (unpaired) electrons. The number of rotatable bonds is 10. The van der Waals surface area contributed by atoms with E-state index in [9.17, 15) is 14.4 Å². The minimum absolute atomic E-state index is 0.00748. The topological polar surface area (TPSA) is 83.9 Å². The van der Waals surface area contributed by atoms with E-state index >= 15 is 0 Å². The van der Waals surface area contributed by atoms with Gasteiger partial charge in [0.25, 0.3) is 0 Å². The molecule has 1 aromatic rings. The van der Waals surface area contributed by atoms with Gasteiger partial charge in [0.1, 0.15) is 5.75 Å². The summed E-state index contributed by atoms with van der Waals surface area (Å²) >= 11 is 0. The van der Waals surface area contributed by atoms with E-state index in [4.69, 9.17) is 9.84 Å². The van der Waals surface area contributed by atoms with Gasteiger partial charge in [-0.25, -0.2) is 0 Å². The van der Waals surface area contributed by atoms with Gasteiger partial charge in [0, 0.05) is 32.0 Å². The molecule has 0 aliphatic heterocycles. The highest BCUT2D eigenvalue weighted by atomic mass is 16.5. The summed E-state index contributed by atoms with van der Waals surface area (Å²) in [6, 6.07) is 6.88. The van der Waals surface area contributed by atoms with Gasteiger partial charge in [0.05, 0.1) is 6.61 Å². The Bertz CT molecular complexity index is 538. The fourth-order valence-corrected chi connectivity index (χ4v) is 1.98. The predicted molar refractivity (Wildman–Crippen MR) is 85.7 cm³/mol. The van der Waals surface area contributed by atoms with Crippen LogP contribution in [0.4, 0.5) is 0 Å². The van der Waals surface area contributed by atoms with Crippen molar-refractivity contribution in [2.45, 2.75) is 32.6 Å². The van der Waals surface area contributed by atoms with Crippen molar-refractivity contribution in [3.05, 3.63) is 29.8 Å². The summed E-state index contributed by atoms with van der Waals surface area (Å²) in [5.74, 6) is -0.202. The zero-order chi connectivity index (χ0) is 17.2. The van der Waals surface area contributed by atoms with Crippen LogP contribution in [-0.4, -0.2) is 47.9 Å². The summed E-state index contributed by atoms with van der Waals surface area (Å²) in [5.41, 5.74) is 0.635. The van der Waals surface area contributed by atoms with Crippen LogP contribution in [0.3, 0.4) is 0 Å². The second-order valence-electron chi connectivity index (χ2n) is 5.35. The van der Waals surface area contributed by atoms with Crippen LogP contribution in [-0.2, 0) is 9.59 Å². The number of carbonyl (C=O) groups is 3. The number of Topliss-reactive ketones (excluding diaryl/α,β-unsaturated/α-hetero) is 1. The average molecular weight is 321 g/mol. The van der Waals surface area contributed by atoms with Crippen molar-refractivity contribution in [3.8, 4) is 5.75 Å². The molecule has 1 amide bonds. The number of aliphatic carboxylic acids is 1. The van der Waals surface area contributed by atoms with E-state index < -0.39 is 5.97 Å². The van der Waals surface area contributed by atoms with Crippen LogP contribution in [0.5, 0.6) is 5.75 Å². The standard InChI is InChI=1S/C17H23NO5/c1-13(19)14-7-9-15(10-8-14)23-12-4-5-16(20)18(2)11-3-6-17(21)22/h7-10H,3-6,11-12H2,1-2H3,(H,21,22). The van der Waals surface area contributed by atoms with E-state index in [0.29, 0.717) is 43.7 Å². The summed E-state index contributed by atoms with van der Waals surface area (Å²) in [6.07, 6.45) is 1.46. The molecule has 1 aromatic carbocycles. The van der Waals surface area contributed by atoms with E-state index in [0.717, 1.165) is 0 Å². The second kappa shape index (κ2) is 9.61. The molecule has 0 unspecified atom stereocenters. The van der Waals surface area contributed by atoms with Gasteiger partial charge in [-0.15, -0.1) is 0 Å². The molecule has 0 heterocycles. The predicted octanol–water partition coefficient (Wildman–Crippen LogP) is 2.37. The minimum atomic E-state index is -0.852. The number of hydrogen-bond acceptors (Lipinski definition) is 4. The first-order chi connectivity index (χ1) is 10.9.